The van der Waals surface area contributed by atoms with Crippen LogP contribution in [0, 0.1) is 11.6 Å². The Morgan fingerprint density at radius 2 is 1.55 bits per heavy atom. The molecule has 3 rings (SSSR count). The normalized spacial score (nSPS) is 19.6. The first-order valence-electron chi connectivity index (χ1n) is 7.06. The molecule has 1 saturated heterocycles. The van der Waals surface area contributed by atoms with Gasteiger partial charge in [0.15, 0.2) is 0 Å². The second-order valence-electron chi connectivity index (χ2n) is 6.38. The summed E-state index contributed by atoms with van der Waals surface area (Å²) >= 11 is 0. The molecule has 1 aromatic heterocycles. The summed E-state index contributed by atoms with van der Waals surface area (Å²) in [6, 6.07) is 4.96. The van der Waals surface area contributed by atoms with E-state index in [-0.39, 0.29) is 5.69 Å². The molecular formula is C15H17BF2N2O2. The summed E-state index contributed by atoms with van der Waals surface area (Å²) in [6.45, 7) is 7.76. The summed E-state index contributed by atoms with van der Waals surface area (Å²) in [4.78, 5) is 0. The smallest absolute Gasteiger partial charge is 0.398 e. The Balaban J connectivity index is 2.00. The zero-order valence-electron chi connectivity index (χ0n) is 12.9. The van der Waals surface area contributed by atoms with Gasteiger partial charge in [-0.15, -0.1) is 0 Å². The highest BCUT2D eigenvalue weighted by Gasteiger charge is 2.52. The summed E-state index contributed by atoms with van der Waals surface area (Å²) < 4.78 is 40.2. The Hall–Kier alpha value is -1.73. The van der Waals surface area contributed by atoms with Crippen molar-refractivity contribution in [3.8, 4) is 5.69 Å². The van der Waals surface area contributed by atoms with E-state index in [0.29, 0.717) is 5.59 Å². The van der Waals surface area contributed by atoms with Crippen LogP contribution in [-0.2, 0) is 9.31 Å². The monoisotopic (exact) mass is 306 g/mol. The van der Waals surface area contributed by atoms with Crippen molar-refractivity contribution < 1.29 is 18.1 Å². The maximum atomic E-state index is 13.4. The van der Waals surface area contributed by atoms with Gasteiger partial charge in [0.05, 0.1) is 22.5 Å². The lowest BCUT2D eigenvalue weighted by Crippen LogP contribution is -2.41. The molecule has 0 radical (unpaired) electrons. The van der Waals surface area contributed by atoms with Crippen LogP contribution in [0.15, 0.2) is 30.5 Å². The Kier molecular flexibility index (Phi) is 3.38. The highest BCUT2D eigenvalue weighted by atomic mass is 19.1. The van der Waals surface area contributed by atoms with Crippen LogP contribution in [0.5, 0.6) is 0 Å². The molecule has 7 heteroatoms. The molecule has 0 saturated carbocycles. The molecule has 0 N–H and O–H groups in total. The molecule has 1 aliphatic rings. The van der Waals surface area contributed by atoms with Gasteiger partial charge in [0, 0.05) is 12.3 Å². The van der Waals surface area contributed by atoms with Crippen molar-refractivity contribution in [2.24, 2.45) is 0 Å². The van der Waals surface area contributed by atoms with E-state index >= 15 is 0 Å². The van der Waals surface area contributed by atoms with Crippen LogP contribution in [0.3, 0.4) is 0 Å². The fourth-order valence-corrected chi connectivity index (χ4v) is 2.33. The van der Waals surface area contributed by atoms with E-state index in [2.05, 4.69) is 5.10 Å². The molecule has 0 atom stereocenters. The third-order valence-electron chi connectivity index (χ3n) is 4.26. The van der Waals surface area contributed by atoms with E-state index in [9.17, 15) is 8.78 Å². The Labute approximate surface area is 128 Å². The number of halogens is 2. The Bertz CT molecular complexity index is 679. The zero-order chi connectivity index (χ0) is 16.1. The van der Waals surface area contributed by atoms with Crippen LogP contribution in [0.4, 0.5) is 8.78 Å². The topological polar surface area (TPSA) is 36.3 Å². The van der Waals surface area contributed by atoms with Crippen LogP contribution in [0.2, 0.25) is 0 Å². The maximum absolute atomic E-state index is 13.4. The molecule has 1 aromatic carbocycles. The molecule has 116 valence electrons. The van der Waals surface area contributed by atoms with Gasteiger partial charge in [-0.2, -0.15) is 5.10 Å². The summed E-state index contributed by atoms with van der Waals surface area (Å²) in [5.74, 6) is -1.32. The first-order valence-corrected chi connectivity index (χ1v) is 7.06. The van der Waals surface area contributed by atoms with Gasteiger partial charge >= 0.3 is 7.12 Å². The van der Waals surface area contributed by atoms with Gasteiger partial charge in [-0.25, -0.2) is 13.5 Å². The van der Waals surface area contributed by atoms with Gasteiger partial charge in [-0.05, 0) is 45.9 Å². The van der Waals surface area contributed by atoms with Crippen LogP contribution >= 0.6 is 0 Å². The summed E-state index contributed by atoms with van der Waals surface area (Å²) in [5, 5.41) is 4.13. The van der Waals surface area contributed by atoms with E-state index in [0.717, 1.165) is 6.07 Å². The van der Waals surface area contributed by atoms with Crippen molar-refractivity contribution in [2.45, 2.75) is 38.9 Å². The van der Waals surface area contributed by atoms with Crippen LogP contribution < -0.4 is 5.59 Å². The van der Waals surface area contributed by atoms with Crippen LogP contribution in [0.25, 0.3) is 5.69 Å². The largest absolute Gasteiger partial charge is 0.514 e. The molecule has 0 amide bonds. The number of aromatic nitrogens is 2. The molecular weight excluding hydrogens is 289 g/mol. The number of hydrogen-bond acceptors (Lipinski definition) is 3. The minimum Gasteiger partial charge on any atom is -0.398 e. The van der Waals surface area contributed by atoms with Crippen molar-refractivity contribution in [3.05, 3.63) is 42.1 Å². The minimum atomic E-state index is -0.662. The minimum absolute atomic E-state index is 0.284. The van der Waals surface area contributed by atoms with E-state index in [1.54, 1.807) is 12.3 Å². The van der Waals surface area contributed by atoms with Crippen molar-refractivity contribution >= 4 is 12.7 Å². The van der Waals surface area contributed by atoms with E-state index in [1.807, 2.05) is 27.7 Å². The van der Waals surface area contributed by atoms with Gasteiger partial charge in [0.25, 0.3) is 0 Å². The Morgan fingerprint density at radius 1 is 1.00 bits per heavy atom. The van der Waals surface area contributed by atoms with Crippen molar-refractivity contribution in [2.75, 3.05) is 0 Å². The van der Waals surface area contributed by atoms with Crippen molar-refractivity contribution in [3.63, 3.8) is 0 Å². The predicted octanol–water partition coefficient (Wildman–Crippen LogP) is 2.45. The highest BCUT2D eigenvalue weighted by Crippen LogP contribution is 2.36. The third-order valence-corrected chi connectivity index (χ3v) is 4.26. The van der Waals surface area contributed by atoms with Crippen LogP contribution in [-0.4, -0.2) is 28.1 Å². The Morgan fingerprint density at radius 3 is 2.09 bits per heavy atom. The second kappa shape index (κ2) is 4.89. The van der Waals surface area contributed by atoms with E-state index in [4.69, 9.17) is 9.31 Å². The fraction of sp³-hybridized carbons (Fsp3) is 0.400. The lowest BCUT2D eigenvalue weighted by Gasteiger charge is -2.32. The summed E-state index contributed by atoms with van der Waals surface area (Å²) in [5.41, 5.74) is -0.129. The van der Waals surface area contributed by atoms with E-state index in [1.165, 1.54) is 16.8 Å². The fourth-order valence-electron chi connectivity index (χ4n) is 2.33. The molecule has 0 unspecified atom stereocenters. The lowest BCUT2D eigenvalue weighted by atomic mass is 9.84. The molecule has 1 fully saturated rings. The molecule has 0 spiro atoms. The highest BCUT2D eigenvalue weighted by molar-refractivity contribution is 6.61. The number of hydrogen-bond donors (Lipinski definition) is 0. The average Bonchev–Trinajstić information content (AvgIpc) is 2.91. The molecule has 0 bridgehead atoms. The molecule has 1 aliphatic heterocycles. The predicted molar refractivity (Wildman–Crippen MR) is 79.2 cm³/mol. The van der Waals surface area contributed by atoms with E-state index < -0.39 is 30.0 Å². The quantitative estimate of drug-likeness (QED) is 0.800. The second-order valence-corrected chi connectivity index (χ2v) is 6.38. The third kappa shape index (κ3) is 2.44. The summed E-state index contributed by atoms with van der Waals surface area (Å²) in [7, 11) is -0.654. The van der Waals surface area contributed by atoms with Gasteiger partial charge in [0.2, 0.25) is 0 Å². The molecule has 0 aliphatic carbocycles. The number of benzene rings is 1. The SMILES string of the molecule is CC1(C)OB(c2ccnn2-c2cc(F)cc(F)c2)OC1(C)C. The zero-order valence-corrected chi connectivity index (χ0v) is 12.9. The standard InChI is InChI=1S/C15H17BF2N2O2/c1-14(2)15(3,4)22-16(21-14)13-5-6-19-20(13)12-8-10(17)7-11(18)9-12/h5-9H,1-4H3. The van der Waals surface area contributed by atoms with Gasteiger partial charge < -0.3 is 9.31 Å². The van der Waals surface area contributed by atoms with Crippen LogP contribution in [0.1, 0.15) is 27.7 Å². The maximum Gasteiger partial charge on any atom is 0.514 e. The number of nitrogens with zero attached hydrogens (tertiary/aromatic N) is 2. The van der Waals surface area contributed by atoms with Gasteiger partial charge in [-0.3, -0.25) is 0 Å². The average molecular weight is 306 g/mol. The summed E-state index contributed by atoms with van der Waals surface area (Å²) in [6.07, 6.45) is 1.54. The van der Waals surface area contributed by atoms with Gasteiger partial charge in [0.1, 0.15) is 11.6 Å². The molecule has 2 heterocycles. The molecule has 22 heavy (non-hydrogen) atoms. The van der Waals surface area contributed by atoms with Gasteiger partial charge in [-0.1, -0.05) is 0 Å². The molecule has 4 nitrogen and oxygen atoms in total. The molecule has 2 aromatic rings. The lowest BCUT2D eigenvalue weighted by molar-refractivity contribution is 0.00578. The first kappa shape index (κ1) is 15.2. The number of rotatable bonds is 2. The first-order chi connectivity index (χ1) is 10.2. The van der Waals surface area contributed by atoms with Crippen molar-refractivity contribution in [1.29, 1.82) is 0 Å². The van der Waals surface area contributed by atoms with Crippen molar-refractivity contribution in [1.82, 2.24) is 9.78 Å².